The molecular formula is C22H27BrN4. The van der Waals surface area contributed by atoms with E-state index < -0.39 is 0 Å². The number of hydrogen-bond acceptors (Lipinski definition) is 4. The van der Waals surface area contributed by atoms with Crippen LogP contribution in [0.25, 0.3) is 10.9 Å². The fourth-order valence-corrected chi connectivity index (χ4v) is 7.03. The van der Waals surface area contributed by atoms with E-state index in [1.54, 1.807) is 0 Å². The Balaban J connectivity index is 1.47. The zero-order valence-electron chi connectivity index (χ0n) is 15.7. The number of hydrogen-bond donors (Lipinski definition) is 1. The molecule has 1 aromatic heterocycles. The first-order valence-corrected chi connectivity index (χ1v) is 11.4. The molecule has 1 aromatic carbocycles. The van der Waals surface area contributed by atoms with Gasteiger partial charge in [-0.1, -0.05) is 15.9 Å². The summed E-state index contributed by atoms with van der Waals surface area (Å²) < 4.78 is 1.07. The normalized spacial score (nSPS) is 32.7. The van der Waals surface area contributed by atoms with Crippen molar-refractivity contribution in [3.63, 3.8) is 0 Å². The Morgan fingerprint density at radius 2 is 1.96 bits per heavy atom. The number of rotatable bonds is 0. The van der Waals surface area contributed by atoms with E-state index in [0.717, 1.165) is 45.4 Å². The highest BCUT2D eigenvalue weighted by atomic mass is 79.9. The number of anilines is 2. The number of benzene rings is 1. The molecule has 4 aliphatic heterocycles. The van der Waals surface area contributed by atoms with Crippen LogP contribution in [0.2, 0.25) is 0 Å². The Bertz CT molecular complexity index is 911. The molecule has 0 saturated carbocycles. The summed E-state index contributed by atoms with van der Waals surface area (Å²) in [6.07, 6.45) is 7.81. The molecule has 142 valence electrons. The first-order valence-electron chi connectivity index (χ1n) is 10.6. The van der Waals surface area contributed by atoms with E-state index in [0.29, 0.717) is 6.04 Å². The van der Waals surface area contributed by atoms with Gasteiger partial charge >= 0.3 is 0 Å². The fourth-order valence-electron chi connectivity index (χ4n) is 6.67. The molecule has 0 aliphatic carbocycles. The summed E-state index contributed by atoms with van der Waals surface area (Å²) in [5.74, 6) is 2.81. The molecule has 5 heteroatoms. The van der Waals surface area contributed by atoms with Gasteiger partial charge in [0.1, 0.15) is 5.82 Å². The predicted molar refractivity (Wildman–Crippen MR) is 114 cm³/mol. The number of pyridine rings is 1. The van der Waals surface area contributed by atoms with Crippen molar-refractivity contribution in [1.82, 2.24) is 9.88 Å². The third-order valence-electron chi connectivity index (χ3n) is 7.70. The maximum atomic E-state index is 6.67. The van der Waals surface area contributed by atoms with Crippen molar-refractivity contribution in [1.29, 1.82) is 0 Å². The van der Waals surface area contributed by atoms with E-state index in [1.165, 1.54) is 63.1 Å². The summed E-state index contributed by atoms with van der Waals surface area (Å²) >= 11 is 3.59. The van der Waals surface area contributed by atoms with Crippen molar-refractivity contribution in [2.45, 2.75) is 50.6 Å². The number of nitrogens with zero attached hydrogens (tertiary/aromatic N) is 3. The number of nitrogen functional groups attached to an aromatic ring is 1. The van der Waals surface area contributed by atoms with Gasteiger partial charge < -0.3 is 10.6 Å². The van der Waals surface area contributed by atoms with E-state index in [4.69, 9.17) is 10.7 Å². The van der Waals surface area contributed by atoms with Crippen LogP contribution < -0.4 is 10.6 Å². The SMILES string of the molecule is Nc1c2c(nc3ccc(Br)cc13)N1C[C@@H]3CCCN4CCC[C@@H]([C@H]34)[C@H]1CC2. The van der Waals surface area contributed by atoms with Crippen LogP contribution in [0.4, 0.5) is 11.5 Å². The average Bonchev–Trinajstić information content (AvgIpc) is 2.69. The number of piperidine rings is 3. The topological polar surface area (TPSA) is 45.4 Å². The van der Waals surface area contributed by atoms with Crippen molar-refractivity contribution < 1.29 is 0 Å². The predicted octanol–water partition coefficient (Wildman–Crippen LogP) is 4.20. The third kappa shape index (κ3) is 2.40. The molecule has 27 heavy (non-hydrogen) atoms. The first kappa shape index (κ1) is 16.6. The van der Waals surface area contributed by atoms with Crippen LogP contribution in [0, 0.1) is 11.8 Å². The standard InChI is InChI=1S/C22H27BrN4/c23-14-5-7-18-17(11-14)20(24)16-6-8-19-15-4-2-10-26-9-1-3-13(21(15)26)12-27(19)22(16)25-18/h5,7,11,13,15,19,21H,1-4,6,8-10,12H2,(H2,24,25)/t13-,15+,19+,21-/m0/s1. The third-order valence-corrected chi connectivity index (χ3v) is 8.20. The minimum absolute atomic E-state index is 0.652. The maximum absolute atomic E-state index is 6.67. The molecule has 4 aliphatic rings. The molecule has 4 atom stereocenters. The molecule has 4 nitrogen and oxygen atoms in total. The van der Waals surface area contributed by atoms with Crippen molar-refractivity contribution in [2.24, 2.45) is 11.8 Å². The van der Waals surface area contributed by atoms with Gasteiger partial charge in [0.05, 0.1) is 5.52 Å². The van der Waals surface area contributed by atoms with Gasteiger partial charge in [0.2, 0.25) is 0 Å². The van der Waals surface area contributed by atoms with Crippen LogP contribution in [0.1, 0.15) is 37.7 Å². The second kappa shape index (κ2) is 6.08. The monoisotopic (exact) mass is 426 g/mol. The molecule has 5 heterocycles. The van der Waals surface area contributed by atoms with Gasteiger partial charge in [-0.3, -0.25) is 4.90 Å². The molecule has 2 N–H and O–H groups in total. The lowest BCUT2D eigenvalue weighted by molar-refractivity contribution is -0.0142. The molecular weight excluding hydrogens is 400 g/mol. The zero-order chi connectivity index (χ0) is 18.1. The van der Waals surface area contributed by atoms with Crippen LogP contribution in [0.15, 0.2) is 22.7 Å². The highest BCUT2D eigenvalue weighted by Crippen LogP contribution is 2.48. The zero-order valence-corrected chi connectivity index (χ0v) is 17.3. The van der Waals surface area contributed by atoms with Crippen LogP contribution in [0.5, 0.6) is 0 Å². The summed E-state index contributed by atoms with van der Waals surface area (Å²) in [4.78, 5) is 10.7. The lowest BCUT2D eigenvalue weighted by atomic mass is 9.68. The summed E-state index contributed by atoms with van der Waals surface area (Å²) in [5.41, 5.74) is 9.94. The molecule has 3 saturated heterocycles. The first-order chi connectivity index (χ1) is 13.2. The van der Waals surface area contributed by atoms with Gasteiger partial charge in [-0.25, -0.2) is 4.98 Å². The lowest BCUT2D eigenvalue weighted by Gasteiger charge is -2.59. The number of aromatic nitrogens is 1. The Kier molecular flexibility index (Phi) is 3.74. The van der Waals surface area contributed by atoms with Gasteiger partial charge in [-0.15, -0.1) is 0 Å². The Morgan fingerprint density at radius 3 is 2.85 bits per heavy atom. The molecule has 0 bridgehead atoms. The molecule has 0 amide bonds. The van der Waals surface area contributed by atoms with Gasteiger partial charge in [-0.2, -0.15) is 0 Å². The summed E-state index contributed by atoms with van der Waals surface area (Å²) in [5, 5.41) is 1.10. The molecule has 0 spiro atoms. The van der Waals surface area contributed by atoms with E-state index >= 15 is 0 Å². The number of halogens is 1. The van der Waals surface area contributed by atoms with Crippen molar-refractivity contribution in [3.05, 3.63) is 28.2 Å². The van der Waals surface area contributed by atoms with E-state index in [2.05, 4.69) is 43.9 Å². The Labute approximate surface area is 169 Å². The van der Waals surface area contributed by atoms with E-state index in [1.807, 2.05) is 0 Å². The minimum Gasteiger partial charge on any atom is -0.398 e. The van der Waals surface area contributed by atoms with Crippen LogP contribution in [0.3, 0.4) is 0 Å². The number of fused-ring (bicyclic) bond motifs is 5. The Morgan fingerprint density at radius 1 is 1.11 bits per heavy atom. The van der Waals surface area contributed by atoms with E-state index in [9.17, 15) is 0 Å². The Hall–Kier alpha value is -1.33. The second-order valence-corrected chi connectivity index (χ2v) is 9.90. The molecule has 3 fully saturated rings. The quantitative estimate of drug-likeness (QED) is 0.685. The summed E-state index contributed by atoms with van der Waals surface area (Å²) in [6, 6.07) is 7.78. The summed E-state index contributed by atoms with van der Waals surface area (Å²) in [6.45, 7) is 3.82. The molecule has 0 unspecified atom stereocenters. The van der Waals surface area contributed by atoms with Gasteiger partial charge in [0.15, 0.2) is 0 Å². The number of nitrogens with two attached hydrogens (primary N) is 1. The highest BCUT2D eigenvalue weighted by molar-refractivity contribution is 9.10. The van der Waals surface area contributed by atoms with Crippen LogP contribution in [-0.4, -0.2) is 41.6 Å². The second-order valence-electron chi connectivity index (χ2n) is 8.98. The van der Waals surface area contributed by atoms with Crippen LogP contribution in [-0.2, 0) is 6.42 Å². The maximum Gasteiger partial charge on any atom is 0.134 e. The average molecular weight is 427 g/mol. The van der Waals surface area contributed by atoms with Crippen LogP contribution >= 0.6 is 15.9 Å². The molecule has 2 aromatic rings. The van der Waals surface area contributed by atoms with Gasteiger partial charge in [-0.05, 0) is 81.6 Å². The summed E-state index contributed by atoms with van der Waals surface area (Å²) in [7, 11) is 0. The fraction of sp³-hybridized carbons (Fsp3) is 0.591. The smallest absolute Gasteiger partial charge is 0.134 e. The van der Waals surface area contributed by atoms with E-state index in [-0.39, 0.29) is 0 Å². The van der Waals surface area contributed by atoms with Crippen molar-refractivity contribution >= 4 is 38.3 Å². The van der Waals surface area contributed by atoms with Crippen molar-refractivity contribution in [3.8, 4) is 0 Å². The molecule has 6 rings (SSSR count). The highest BCUT2D eigenvalue weighted by Gasteiger charge is 2.50. The van der Waals surface area contributed by atoms with Gasteiger partial charge in [0.25, 0.3) is 0 Å². The minimum atomic E-state index is 0.652. The largest absolute Gasteiger partial charge is 0.398 e. The van der Waals surface area contributed by atoms with Gasteiger partial charge in [0, 0.05) is 39.7 Å². The van der Waals surface area contributed by atoms with Crippen molar-refractivity contribution in [2.75, 3.05) is 30.3 Å². The molecule has 0 radical (unpaired) electrons. The lowest BCUT2D eigenvalue weighted by Crippen LogP contribution is -2.65.